The molecule has 2 heteroatoms. The molecule has 60 valence electrons. The molecule has 11 heavy (non-hydrogen) atoms. The molecule has 1 aromatic rings. The first-order valence-corrected chi connectivity index (χ1v) is 3.74. The van der Waals surface area contributed by atoms with Crippen LogP contribution in [0, 0.1) is 13.8 Å². The van der Waals surface area contributed by atoms with Crippen LogP contribution >= 0.6 is 0 Å². The lowest BCUT2D eigenvalue weighted by atomic mass is 10.1. The SMILES string of the molecule is CCc1c(C)occ(C)c1=O. The van der Waals surface area contributed by atoms with Gasteiger partial charge in [-0.25, -0.2) is 0 Å². The van der Waals surface area contributed by atoms with E-state index >= 15 is 0 Å². The maximum Gasteiger partial charge on any atom is 0.191 e. The lowest BCUT2D eigenvalue weighted by molar-refractivity contribution is 0.502. The third kappa shape index (κ3) is 1.34. The highest BCUT2D eigenvalue weighted by molar-refractivity contribution is 5.21. The van der Waals surface area contributed by atoms with Crippen molar-refractivity contribution in [2.45, 2.75) is 27.2 Å². The summed E-state index contributed by atoms with van der Waals surface area (Å²) in [6.07, 6.45) is 2.26. The molecule has 1 aromatic heterocycles. The molecule has 0 atom stereocenters. The minimum absolute atomic E-state index is 0.122. The van der Waals surface area contributed by atoms with Gasteiger partial charge in [-0.3, -0.25) is 4.79 Å². The molecule has 0 amide bonds. The molecule has 0 bridgehead atoms. The summed E-state index contributed by atoms with van der Waals surface area (Å²) in [7, 11) is 0. The molecule has 0 aliphatic heterocycles. The van der Waals surface area contributed by atoms with E-state index in [-0.39, 0.29) is 5.43 Å². The molecule has 0 aliphatic rings. The van der Waals surface area contributed by atoms with Gasteiger partial charge >= 0.3 is 0 Å². The van der Waals surface area contributed by atoms with Gasteiger partial charge in [-0.05, 0) is 20.3 Å². The van der Waals surface area contributed by atoms with Gasteiger partial charge in [0, 0.05) is 11.1 Å². The Balaban J connectivity index is 3.41. The van der Waals surface area contributed by atoms with Gasteiger partial charge in [-0.1, -0.05) is 6.92 Å². The third-order valence-corrected chi connectivity index (χ3v) is 1.82. The van der Waals surface area contributed by atoms with Crippen molar-refractivity contribution in [2.24, 2.45) is 0 Å². The Kier molecular flexibility index (Phi) is 2.13. The number of aryl methyl sites for hydroxylation is 2. The van der Waals surface area contributed by atoms with Crippen LogP contribution in [0.2, 0.25) is 0 Å². The van der Waals surface area contributed by atoms with E-state index in [1.54, 1.807) is 6.92 Å². The minimum atomic E-state index is 0.122. The molecule has 1 rings (SSSR count). The second-order valence-electron chi connectivity index (χ2n) is 2.64. The highest BCUT2D eigenvalue weighted by atomic mass is 16.3. The second-order valence-corrected chi connectivity index (χ2v) is 2.64. The van der Waals surface area contributed by atoms with Crippen molar-refractivity contribution in [2.75, 3.05) is 0 Å². The average Bonchev–Trinajstić information content (AvgIpc) is 1.99. The lowest BCUT2D eigenvalue weighted by Gasteiger charge is -2.00. The van der Waals surface area contributed by atoms with Crippen LogP contribution in [0.3, 0.4) is 0 Å². The Hall–Kier alpha value is -1.05. The largest absolute Gasteiger partial charge is 0.469 e. The summed E-state index contributed by atoms with van der Waals surface area (Å²) in [5.74, 6) is 0.739. The van der Waals surface area contributed by atoms with Crippen LogP contribution in [-0.2, 0) is 6.42 Å². The van der Waals surface area contributed by atoms with Gasteiger partial charge in [0.05, 0.1) is 6.26 Å². The van der Waals surface area contributed by atoms with E-state index in [0.29, 0.717) is 5.56 Å². The van der Waals surface area contributed by atoms with Crippen molar-refractivity contribution < 1.29 is 4.42 Å². The van der Waals surface area contributed by atoms with Gasteiger partial charge in [0.15, 0.2) is 5.43 Å². The molecule has 0 N–H and O–H groups in total. The summed E-state index contributed by atoms with van der Waals surface area (Å²) in [6, 6.07) is 0. The van der Waals surface area contributed by atoms with E-state index in [4.69, 9.17) is 4.42 Å². The first-order valence-electron chi connectivity index (χ1n) is 3.74. The Morgan fingerprint density at radius 3 is 2.55 bits per heavy atom. The standard InChI is InChI=1S/C9H12O2/c1-4-8-7(3)11-5-6(2)9(8)10/h5H,4H2,1-3H3. The van der Waals surface area contributed by atoms with Crippen molar-refractivity contribution in [1.82, 2.24) is 0 Å². The monoisotopic (exact) mass is 152 g/mol. The van der Waals surface area contributed by atoms with Gasteiger partial charge in [0.25, 0.3) is 0 Å². The van der Waals surface area contributed by atoms with E-state index < -0.39 is 0 Å². The highest BCUT2D eigenvalue weighted by Crippen LogP contribution is 2.04. The first-order chi connectivity index (χ1) is 5.16. The quantitative estimate of drug-likeness (QED) is 0.614. The summed E-state index contributed by atoms with van der Waals surface area (Å²) in [5, 5.41) is 0. The topological polar surface area (TPSA) is 30.2 Å². The summed E-state index contributed by atoms with van der Waals surface area (Å²) < 4.78 is 5.16. The predicted molar refractivity (Wildman–Crippen MR) is 43.8 cm³/mol. The molecular formula is C9H12O2. The molecule has 0 aromatic carbocycles. The summed E-state index contributed by atoms with van der Waals surface area (Å²) in [5.41, 5.74) is 1.61. The van der Waals surface area contributed by atoms with Gasteiger partial charge in [0.2, 0.25) is 0 Å². The van der Waals surface area contributed by atoms with Crippen molar-refractivity contribution in [3.63, 3.8) is 0 Å². The van der Waals surface area contributed by atoms with Gasteiger partial charge in [-0.15, -0.1) is 0 Å². The van der Waals surface area contributed by atoms with Crippen molar-refractivity contribution in [3.8, 4) is 0 Å². The zero-order valence-electron chi connectivity index (χ0n) is 7.10. The molecule has 0 fully saturated rings. The van der Waals surface area contributed by atoms with Crippen molar-refractivity contribution in [3.05, 3.63) is 33.4 Å². The van der Waals surface area contributed by atoms with E-state index in [1.807, 2.05) is 13.8 Å². The summed E-state index contributed by atoms with van der Waals surface area (Å²) in [4.78, 5) is 11.4. The first kappa shape index (κ1) is 8.05. The molecule has 0 unspecified atom stereocenters. The van der Waals surface area contributed by atoms with E-state index in [9.17, 15) is 4.79 Å². The molecule has 0 saturated heterocycles. The zero-order valence-corrected chi connectivity index (χ0v) is 7.10. The van der Waals surface area contributed by atoms with Crippen LogP contribution in [0.4, 0.5) is 0 Å². The molecule has 1 heterocycles. The van der Waals surface area contributed by atoms with Gasteiger partial charge in [-0.2, -0.15) is 0 Å². The highest BCUT2D eigenvalue weighted by Gasteiger charge is 2.04. The molecule has 0 spiro atoms. The zero-order chi connectivity index (χ0) is 8.43. The van der Waals surface area contributed by atoms with E-state index in [2.05, 4.69) is 0 Å². The maximum absolute atomic E-state index is 11.4. The van der Waals surface area contributed by atoms with Crippen LogP contribution in [0.1, 0.15) is 23.8 Å². The molecule has 0 aliphatic carbocycles. The summed E-state index contributed by atoms with van der Waals surface area (Å²) in [6.45, 7) is 5.54. The summed E-state index contributed by atoms with van der Waals surface area (Å²) >= 11 is 0. The van der Waals surface area contributed by atoms with E-state index in [0.717, 1.165) is 17.7 Å². The Bertz CT molecular complexity index is 310. The van der Waals surface area contributed by atoms with Crippen LogP contribution in [-0.4, -0.2) is 0 Å². The Morgan fingerprint density at radius 1 is 1.45 bits per heavy atom. The predicted octanol–water partition coefficient (Wildman–Crippen LogP) is 1.82. The molecule has 0 saturated carbocycles. The normalized spacial score (nSPS) is 10.1. The van der Waals surface area contributed by atoms with Crippen molar-refractivity contribution >= 4 is 0 Å². The average molecular weight is 152 g/mol. The van der Waals surface area contributed by atoms with Crippen LogP contribution in [0.15, 0.2) is 15.5 Å². The molecule has 2 nitrogen and oxygen atoms in total. The second kappa shape index (κ2) is 2.91. The number of hydrogen-bond donors (Lipinski definition) is 0. The maximum atomic E-state index is 11.4. The Labute approximate surface area is 65.9 Å². The fourth-order valence-electron chi connectivity index (χ4n) is 1.11. The number of hydrogen-bond acceptors (Lipinski definition) is 2. The van der Waals surface area contributed by atoms with Crippen LogP contribution in [0.5, 0.6) is 0 Å². The smallest absolute Gasteiger partial charge is 0.191 e. The lowest BCUT2D eigenvalue weighted by Crippen LogP contribution is -2.12. The fraction of sp³-hybridized carbons (Fsp3) is 0.444. The number of rotatable bonds is 1. The minimum Gasteiger partial charge on any atom is -0.469 e. The molecule has 0 radical (unpaired) electrons. The van der Waals surface area contributed by atoms with E-state index in [1.165, 1.54) is 6.26 Å². The fourth-order valence-corrected chi connectivity index (χ4v) is 1.11. The van der Waals surface area contributed by atoms with Gasteiger partial charge in [0.1, 0.15) is 5.76 Å². The van der Waals surface area contributed by atoms with Crippen LogP contribution in [0.25, 0.3) is 0 Å². The van der Waals surface area contributed by atoms with Crippen molar-refractivity contribution in [1.29, 1.82) is 0 Å². The van der Waals surface area contributed by atoms with Crippen LogP contribution < -0.4 is 5.43 Å². The van der Waals surface area contributed by atoms with Gasteiger partial charge < -0.3 is 4.42 Å². The molecular weight excluding hydrogens is 140 g/mol. The third-order valence-electron chi connectivity index (χ3n) is 1.82. The Morgan fingerprint density at radius 2 is 2.09 bits per heavy atom.